The van der Waals surface area contributed by atoms with Crippen molar-refractivity contribution < 1.29 is 0 Å². The lowest BCUT2D eigenvalue weighted by atomic mass is 9.85. The van der Waals surface area contributed by atoms with E-state index in [0.29, 0.717) is 12.1 Å². The van der Waals surface area contributed by atoms with Crippen molar-refractivity contribution in [3.63, 3.8) is 0 Å². The van der Waals surface area contributed by atoms with E-state index in [1.165, 1.54) is 4.88 Å². The molecule has 3 heteroatoms. The van der Waals surface area contributed by atoms with Gasteiger partial charge in [-0.1, -0.05) is 33.8 Å². The summed E-state index contributed by atoms with van der Waals surface area (Å²) in [7, 11) is 2.20. The second-order valence-corrected chi connectivity index (χ2v) is 7.22. The Morgan fingerprint density at radius 1 is 1.39 bits per heavy atom. The summed E-state index contributed by atoms with van der Waals surface area (Å²) in [4.78, 5) is 3.82. The van der Waals surface area contributed by atoms with Crippen molar-refractivity contribution in [3.05, 3.63) is 22.4 Å². The third-order valence-electron chi connectivity index (χ3n) is 4.01. The standard InChI is InChI=1S/C15H28N2S/c1-7-12(16)14(13-9-8-10-18-13)17(6)11(2)15(3,4)5/h8-12,14H,7,16H2,1-6H3. The predicted octanol–water partition coefficient (Wildman–Crippen LogP) is 3.89. The molecule has 3 atom stereocenters. The van der Waals surface area contributed by atoms with E-state index in [2.05, 4.69) is 64.1 Å². The van der Waals surface area contributed by atoms with Crippen molar-refractivity contribution >= 4 is 11.3 Å². The highest BCUT2D eigenvalue weighted by Gasteiger charge is 2.32. The fourth-order valence-electron chi connectivity index (χ4n) is 2.25. The second-order valence-electron chi connectivity index (χ2n) is 6.24. The van der Waals surface area contributed by atoms with Crippen molar-refractivity contribution in [2.24, 2.45) is 11.1 Å². The number of likely N-dealkylation sites (N-methyl/N-ethyl adjacent to an activating group) is 1. The average molecular weight is 268 g/mol. The van der Waals surface area contributed by atoms with Gasteiger partial charge in [-0.05, 0) is 37.3 Å². The molecule has 2 N–H and O–H groups in total. The molecule has 2 nitrogen and oxygen atoms in total. The van der Waals surface area contributed by atoms with E-state index < -0.39 is 0 Å². The summed E-state index contributed by atoms with van der Waals surface area (Å²) in [5.74, 6) is 0. The smallest absolute Gasteiger partial charge is 0.0593 e. The molecule has 0 bridgehead atoms. The Labute approximate surface area is 116 Å². The van der Waals surface area contributed by atoms with Gasteiger partial charge in [0, 0.05) is 17.0 Å². The molecule has 104 valence electrons. The monoisotopic (exact) mass is 268 g/mol. The van der Waals surface area contributed by atoms with Crippen molar-refractivity contribution in [3.8, 4) is 0 Å². The van der Waals surface area contributed by atoms with E-state index >= 15 is 0 Å². The first-order chi connectivity index (χ1) is 8.29. The Bertz CT molecular complexity index is 340. The number of hydrogen-bond donors (Lipinski definition) is 1. The molecule has 0 saturated carbocycles. The summed E-state index contributed by atoms with van der Waals surface area (Å²) in [5.41, 5.74) is 6.62. The lowest BCUT2D eigenvalue weighted by Gasteiger charge is -2.42. The van der Waals surface area contributed by atoms with Gasteiger partial charge < -0.3 is 5.73 Å². The van der Waals surface area contributed by atoms with Crippen LogP contribution in [0.1, 0.15) is 52.0 Å². The molecule has 0 aliphatic rings. The van der Waals surface area contributed by atoms with E-state index in [1.54, 1.807) is 0 Å². The van der Waals surface area contributed by atoms with Gasteiger partial charge >= 0.3 is 0 Å². The van der Waals surface area contributed by atoms with Crippen molar-refractivity contribution in [1.82, 2.24) is 4.90 Å². The lowest BCUT2D eigenvalue weighted by molar-refractivity contribution is 0.0847. The maximum Gasteiger partial charge on any atom is 0.0593 e. The third kappa shape index (κ3) is 3.56. The van der Waals surface area contributed by atoms with Crippen molar-refractivity contribution in [2.75, 3.05) is 7.05 Å². The van der Waals surface area contributed by atoms with Crippen LogP contribution in [0.25, 0.3) is 0 Å². The molecular formula is C15H28N2S. The minimum Gasteiger partial charge on any atom is -0.326 e. The topological polar surface area (TPSA) is 29.3 Å². The highest BCUT2D eigenvalue weighted by Crippen LogP contribution is 2.34. The zero-order valence-corrected chi connectivity index (χ0v) is 13.4. The van der Waals surface area contributed by atoms with Crippen LogP contribution in [0.2, 0.25) is 0 Å². The molecule has 1 aromatic heterocycles. The molecule has 0 saturated heterocycles. The normalized spacial score (nSPS) is 17.8. The Hall–Kier alpha value is -0.380. The molecule has 1 rings (SSSR count). The second kappa shape index (κ2) is 6.18. The first-order valence-corrected chi connectivity index (χ1v) is 7.68. The molecule has 0 radical (unpaired) electrons. The van der Waals surface area contributed by atoms with Crippen LogP contribution >= 0.6 is 11.3 Å². The number of hydrogen-bond acceptors (Lipinski definition) is 3. The van der Waals surface area contributed by atoms with Gasteiger partial charge in [0.2, 0.25) is 0 Å². The van der Waals surface area contributed by atoms with Gasteiger partial charge in [0.05, 0.1) is 6.04 Å². The quantitative estimate of drug-likeness (QED) is 0.877. The summed E-state index contributed by atoms with van der Waals surface area (Å²) in [6.45, 7) is 11.3. The van der Waals surface area contributed by atoms with E-state index in [0.717, 1.165) is 6.42 Å². The summed E-state index contributed by atoms with van der Waals surface area (Å²) >= 11 is 1.81. The molecule has 1 heterocycles. The number of thiophene rings is 1. The summed E-state index contributed by atoms with van der Waals surface area (Å²) in [5, 5.41) is 2.14. The highest BCUT2D eigenvalue weighted by atomic mass is 32.1. The van der Waals surface area contributed by atoms with E-state index in [4.69, 9.17) is 5.73 Å². The Kier molecular flexibility index (Phi) is 5.38. The predicted molar refractivity (Wildman–Crippen MR) is 82.0 cm³/mol. The molecule has 0 amide bonds. The van der Waals surface area contributed by atoms with Crippen LogP contribution in [0.3, 0.4) is 0 Å². The molecule has 18 heavy (non-hydrogen) atoms. The summed E-state index contributed by atoms with van der Waals surface area (Å²) < 4.78 is 0. The summed E-state index contributed by atoms with van der Waals surface area (Å²) in [6, 6.07) is 5.33. The zero-order chi connectivity index (χ0) is 13.9. The van der Waals surface area contributed by atoms with Gasteiger partial charge in [-0.3, -0.25) is 4.90 Å². The maximum atomic E-state index is 6.36. The zero-order valence-electron chi connectivity index (χ0n) is 12.6. The highest BCUT2D eigenvalue weighted by molar-refractivity contribution is 7.10. The minimum absolute atomic E-state index is 0.193. The van der Waals surface area contributed by atoms with Gasteiger partial charge in [0.1, 0.15) is 0 Å². The third-order valence-corrected chi connectivity index (χ3v) is 4.96. The largest absolute Gasteiger partial charge is 0.326 e. The van der Waals surface area contributed by atoms with E-state index in [1.807, 2.05) is 11.3 Å². The molecule has 1 aromatic rings. The van der Waals surface area contributed by atoms with E-state index in [9.17, 15) is 0 Å². The Morgan fingerprint density at radius 2 is 2.00 bits per heavy atom. The lowest BCUT2D eigenvalue weighted by Crippen LogP contribution is -2.47. The van der Waals surface area contributed by atoms with Gasteiger partial charge in [0.25, 0.3) is 0 Å². The number of nitrogens with zero attached hydrogens (tertiary/aromatic N) is 1. The Balaban J connectivity index is 2.97. The first-order valence-electron chi connectivity index (χ1n) is 6.80. The molecule has 3 unspecified atom stereocenters. The average Bonchev–Trinajstić information content (AvgIpc) is 2.80. The minimum atomic E-state index is 0.193. The van der Waals surface area contributed by atoms with Crippen LogP contribution in [-0.4, -0.2) is 24.0 Å². The number of rotatable bonds is 5. The fraction of sp³-hybridized carbons (Fsp3) is 0.733. The molecule has 0 spiro atoms. The SMILES string of the molecule is CCC(N)C(c1cccs1)N(C)C(C)C(C)(C)C. The number of nitrogens with two attached hydrogens (primary N) is 1. The van der Waals surface area contributed by atoms with Crippen LogP contribution in [0.5, 0.6) is 0 Å². The van der Waals surface area contributed by atoms with Crippen LogP contribution in [0.4, 0.5) is 0 Å². The summed E-state index contributed by atoms with van der Waals surface area (Å²) in [6.07, 6.45) is 1.00. The molecule has 0 aromatic carbocycles. The maximum absolute atomic E-state index is 6.36. The van der Waals surface area contributed by atoms with Crippen LogP contribution < -0.4 is 5.73 Å². The molecule has 0 aliphatic heterocycles. The van der Waals surface area contributed by atoms with Gasteiger partial charge in [0.15, 0.2) is 0 Å². The molecular weight excluding hydrogens is 240 g/mol. The van der Waals surface area contributed by atoms with Crippen molar-refractivity contribution in [1.29, 1.82) is 0 Å². The van der Waals surface area contributed by atoms with Gasteiger partial charge in [-0.25, -0.2) is 0 Å². The first kappa shape index (κ1) is 15.7. The van der Waals surface area contributed by atoms with Crippen LogP contribution in [0.15, 0.2) is 17.5 Å². The Morgan fingerprint density at radius 3 is 2.39 bits per heavy atom. The van der Waals surface area contributed by atoms with Crippen molar-refractivity contribution in [2.45, 2.75) is 59.2 Å². The molecule has 0 fully saturated rings. The van der Waals surface area contributed by atoms with E-state index in [-0.39, 0.29) is 11.5 Å². The van der Waals surface area contributed by atoms with Crippen LogP contribution in [-0.2, 0) is 0 Å². The van der Waals surface area contributed by atoms with Gasteiger partial charge in [-0.2, -0.15) is 0 Å². The van der Waals surface area contributed by atoms with Gasteiger partial charge in [-0.15, -0.1) is 11.3 Å². The fourth-order valence-corrected chi connectivity index (χ4v) is 3.20. The molecule has 0 aliphatic carbocycles. The van der Waals surface area contributed by atoms with Crippen LogP contribution in [0, 0.1) is 5.41 Å².